The fourth-order valence-corrected chi connectivity index (χ4v) is 3.38. The van der Waals surface area contributed by atoms with Crippen LogP contribution in [-0.2, 0) is 0 Å². The van der Waals surface area contributed by atoms with Crippen LogP contribution in [0.2, 0.25) is 0 Å². The number of amides is 1. The molecule has 10 heteroatoms. The number of carbonyl (C=O) groups excluding carboxylic acids is 1. The molecule has 0 bridgehead atoms. The lowest BCUT2D eigenvalue weighted by Crippen LogP contribution is -2.44. The summed E-state index contributed by atoms with van der Waals surface area (Å²) in [6.07, 6.45) is 0. The summed E-state index contributed by atoms with van der Waals surface area (Å²) in [5.41, 5.74) is 8.37. The lowest BCUT2D eigenvalue weighted by Gasteiger charge is -2.15. The first-order valence-electron chi connectivity index (χ1n) is 10.2. The van der Waals surface area contributed by atoms with E-state index in [1.165, 1.54) is 0 Å². The van der Waals surface area contributed by atoms with Gasteiger partial charge in [-0.15, -0.1) is 0 Å². The topological polar surface area (TPSA) is 103 Å². The molecule has 0 radical (unpaired) electrons. The molecule has 1 heterocycles. The third kappa shape index (κ3) is 5.65. The number of pyridine rings is 1. The summed E-state index contributed by atoms with van der Waals surface area (Å²) in [4.78, 5) is 17.2. The van der Waals surface area contributed by atoms with Crippen LogP contribution < -0.4 is 35.1 Å². The van der Waals surface area contributed by atoms with E-state index >= 15 is 0 Å². The van der Waals surface area contributed by atoms with Crippen LogP contribution in [0.5, 0.6) is 23.0 Å². The lowest BCUT2D eigenvalue weighted by atomic mass is 10.1. The number of hydrogen-bond acceptors (Lipinski definition) is 7. The third-order valence-corrected chi connectivity index (χ3v) is 5.13. The smallest absolute Gasteiger partial charge is 0.271 e. The molecule has 178 valence electrons. The van der Waals surface area contributed by atoms with Crippen LogP contribution in [0.3, 0.4) is 0 Å². The minimum absolute atomic E-state index is 0.234. The van der Waals surface area contributed by atoms with Crippen molar-refractivity contribution < 1.29 is 23.7 Å². The number of ether oxygens (including phenoxy) is 4. The van der Waals surface area contributed by atoms with Crippen molar-refractivity contribution in [2.45, 2.75) is 6.92 Å². The molecule has 2 aromatic carbocycles. The molecule has 9 nitrogen and oxygen atoms in total. The summed E-state index contributed by atoms with van der Waals surface area (Å²) in [6, 6.07) is 14.3. The van der Waals surface area contributed by atoms with Gasteiger partial charge in [-0.2, -0.15) is 0 Å². The fraction of sp³-hybridized carbons (Fsp3) is 0.208. The van der Waals surface area contributed by atoms with Crippen LogP contribution >= 0.6 is 12.2 Å². The summed E-state index contributed by atoms with van der Waals surface area (Å²) >= 11 is 5.23. The Morgan fingerprint density at radius 1 is 0.853 bits per heavy atom. The summed E-state index contributed by atoms with van der Waals surface area (Å²) in [5, 5.41) is 3.21. The van der Waals surface area contributed by atoms with Gasteiger partial charge in [-0.3, -0.25) is 20.6 Å². The van der Waals surface area contributed by atoms with E-state index in [0.29, 0.717) is 34.2 Å². The molecule has 0 aliphatic rings. The van der Waals surface area contributed by atoms with Crippen LogP contribution in [-0.4, -0.2) is 44.4 Å². The molecule has 0 unspecified atom stereocenters. The average Bonchev–Trinajstić information content (AvgIpc) is 2.86. The molecule has 0 atom stereocenters. The zero-order valence-corrected chi connectivity index (χ0v) is 20.3. The maximum absolute atomic E-state index is 12.7. The quantitative estimate of drug-likeness (QED) is 0.343. The lowest BCUT2D eigenvalue weighted by molar-refractivity contribution is 0.0943. The summed E-state index contributed by atoms with van der Waals surface area (Å²) in [6.45, 7) is 1.75. The third-order valence-electron chi connectivity index (χ3n) is 4.93. The first-order valence-corrected chi connectivity index (χ1v) is 10.6. The first-order chi connectivity index (χ1) is 16.4. The minimum Gasteiger partial charge on any atom is -0.497 e. The van der Waals surface area contributed by atoms with Crippen LogP contribution in [0, 0.1) is 6.92 Å². The second-order valence-electron chi connectivity index (χ2n) is 7.01. The van der Waals surface area contributed by atoms with E-state index in [2.05, 4.69) is 21.2 Å². The molecular weight excluding hydrogens is 456 g/mol. The molecule has 1 amide bonds. The number of benzene rings is 2. The number of anilines is 1. The largest absolute Gasteiger partial charge is 0.497 e. The van der Waals surface area contributed by atoms with Gasteiger partial charge >= 0.3 is 0 Å². The Kier molecular flexibility index (Phi) is 8.10. The van der Waals surface area contributed by atoms with Gasteiger partial charge in [-0.25, -0.2) is 0 Å². The molecular formula is C24H26N4O5S. The van der Waals surface area contributed by atoms with Crippen LogP contribution in [0.1, 0.15) is 16.1 Å². The van der Waals surface area contributed by atoms with E-state index < -0.39 is 0 Å². The van der Waals surface area contributed by atoms with Crippen molar-refractivity contribution in [1.82, 2.24) is 15.8 Å². The summed E-state index contributed by atoms with van der Waals surface area (Å²) in [7, 11) is 6.24. The standard InChI is InChI=1S/C24H26N4O5S/c1-14-18(23(29)27-28-24(34)26-16-6-8-17(30-2)9-7-16)10-11-19(25-14)15-12-20(31-3)22(33-5)21(13-15)32-4/h6-13H,1-5H3,(H,27,29)(H2,26,28,34). The van der Waals surface area contributed by atoms with Crippen molar-refractivity contribution >= 4 is 28.9 Å². The van der Waals surface area contributed by atoms with Crippen molar-refractivity contribution in [3.05, 3.63) is 59.8 Å². The fourth-order valence-electron chi connectivity index (χ4n) is 3.21. The number of hydrogen-bond donors (Lipinski definition) is 3. The van der Waals surface area contributed by atoms with Gasteiger partial charge < -0.3 is 24.3 Å². The number of thiocarbonyl (C=S) groups is 1. The van der Waals surface area contributed by atoms with E-state index in [1.807, 2.05) is 12.1 Å². The van der Waals surface area contributed by atoms with Gasteiger partial charge in [0.25, 0.3) is 5.91 Å². The zero-order chi connectivity index (χ0) is 24.7. The van der Waals surface area contributed by atoms with E-state index in [0.717, 1.165) is 17.0 Å². The Bertz CT molecular complexity index is 1160. The Labute approximate surface area is 203 Å². The summed E-state index contributed by atoms with van der Waals surface area (Å²) < 4.78 is 21.3. The van der Waals surface area contributed by atoms with E-state index in [-0.39, 0.29) is 11.0 Å². The highest BCUT2D eigenvalue weighted by molar-refractivity contribution is 7.80. The molecule has 3 aromatic rings. The Morgan fingerprint density at radius 2 is 1.50 bits per heavy atom. The molecule has 0 aliphatic carbocycles. The molecule has 34 heavy (non-hydrogen) atoms. The van der Waals surface area contributed by atoms with E-state index in [4.69, 9.17) is 31.2 Å². The number of aryl methyl sites for hydroxylation is 1. The van der Waals surface area contributed by atoms with E-state index in [9.17, 15) is 4.79 Å². The Hall–Kier alpha value is -4.05. The van der Waals surface area contributed by atoms with Crippen LogP contribution in [0.25, 0.3) is 11.3 Å². The average molecular weight is 483 g/mol. The van der Waals surface area contributed by atoms with Gasteiger partial charge in [-0.1, -0.05) is 0 Å². The van der Waals surface area contributed by atoms with Crippen molar-refractivity contribution in [2.75, 3.05) is 33.8 Å². The van der Waals surface area contributed by atoms with Crippen LogP contribution in [0.15, 0.2) is 48.5 Å². The Balaban J connectivity index is 1.69. The van der Waals surface area contributed by atoms with E-state index in [1.54, 1.807) is 71.8 Å². The molecule has 3 N–H and O–H groups in total. The highest BCUT2D eigenvalue weighted by atomic mass is 32.1. The van der Waals surface area contributed by atoms with Crippen molar-refractivity contribution in [3.8, 4) is 34.3 Å². The zero-order valence-electron chi connectivity index (χ0n) is 19.5. The molecule has 0 saturated carbocycles. The van der Waals surface area contributed by atoms with Crippen LogP contribution in [0.4, 0.5) is 5.69 Å². The molecule has 0 aliphatic heterocycles. The maximum atomic E-state index is 12.7. The number of nitrogens with zero attached hydrogens (tertiary/aromatic N) is 1. The highest BCUT2D eigenvalue weighted by Gasteiger charge is 2.17. The van der Waals surface area contributed by atoms with Gasteiger partial charge in [-0.05, 0) is 67.7 Å². The predicted octanol–water partition coefficient (Wildman–Crippen LogP) is 3.72. The first kappa shape index (κ1) is 24.6. The second-order valence-corrected chi connectivity index (χ2v) is 7.41. The van der Waals surface area contributed by atoms with Gasteiger partial charge in [0.15, 0.2) is 16.6 Å². The minimum atomic E-state index is -0.375. The van der Waals surface area contributed by atoms with Gasteiger partial charge in [0.05, 0.1) is 45.4 Å². The predicted molar refractivity (Wildman–Crippen MR) is 134 cm³/mol. The molecule has 3 rings (SSSR count). The number of carbonyl (C=O) groups is 1. The number of nitrogens with one attached hydrogen (secondary N) is 3. The van der Waals surface area contributed by atoms with Gasteiger partial charge in [0.1, 0.15) is 5.75 Å². The molecule has 0 saturated heterocycles. The number of aromatic nitrogens is 1. The van der Waals surface area contributed by atoms with Gasteiger partial charge in [0, 0.05) is 11.3 Å². The Morgan fingerprint density at radius 3 is 2.03 bits per heavy atom. The van der Waals surface area contributed by atoms with Crippen molar-refractivity contribution in [3.63, 3.8) is 0 Å². The normalized spacial score (nSPS) is 10.1. The molecule has 0 spiro atoms. The maximum Gasteiger partial charge on any atom is 0.271 e. The number of rotatable bonds is 7. The van der Waals surface area contributed by atoms with Crippen molar-refractivity contribution in [1.29, 1.82) is 0 Å². The van der Waals surface area contributed by atoms with Crippen molar-refractivity contribution in [2.24, 2.45) is 0 Å². The molecule has 0 fully saturated rings. The highest BCUT2D eigenvalue weighted by Crippen LogP contribution is 2.40. The second kappa shape index (κ2) is 11.2. The summed E-state index contributed by atoms with van der Waals surface area (Å²) in [5.74, 6) is 1.88. The number of hydrazine groups is 1. The monoisotopic (exact) mass is 482 g/mol. The molecule has 1 aromatic heterocycles. The number of methoxy groups -OCH3 is 4. The SMILES string of the molecule is COc1ccc(NC(=S)NNC(=O)c2ccc(-c3cc(OC)c(OC)c(OC)c3)nc2C)cc1. The van der Waals surface area contributed by atoms with Gasteiger partial charge in [0.2, 0.25) is 5.75 Å².